The molecule has 0 aromatic heterocycles. The van der Waals surface area contributed by atoms with Gasteiger partial charge < -0.3 is 40.3 Å². The molecule has 0 aromatic carbocycles. The second-order valence-electron chi connectivity index (χ2n) is 15.1. The molecule has 0 bridgehead atoms. The number of nitrogens with one attached hydrogen (secondary N) is 1. The van der Waals surface area contributed by atoms with Crippen LogP contribution in [-0.2, 0) is 14.3 Å². The molecule has 1 fully saturated rings. The van der Waals surface area contributed by atoms with E-state index in [0.717, 1.165) is 51.4 Å². The van der Waals surface area contributed by atoms with E-state index < -0.39 is 49.5 Å². The molecular formula is C48H81NO8. The Morgan fingerprint density at radius 2 is 1.11 bits per heavy atom. The van der Waals surface area contributed by atoms with Gasteiger partial charge in [0.15, 0.2) is 6.29 Å². The van der Waals surface area contributed by atoms with Crippen LogP contribution >= 0.6 is 0 Å². The van der Waals surface area contributed by atoms with Gasteiger partial charge in [-0.3, -0.25) is 4.79 Å². The molecule has 0 radical (unpaired) electrons. The van der Waals surface area contributed by atoms with Gasteiger partial charge in [0.2, 0.25) is 5.91 Å². The summed E-state index contributed by atoms with van der Waals surface area (Å²) in [6.45, 7) is 3.56. The highest BCUT2D eigenvalue weighted by molar-refractivity contribution is 5.76. The first-order valence-corrected chi connectivity index (χ1v) is 22.3. The summed E-state index contributed by atoms with van der Waals surface area (Å²) in [5, 5.41) is 54.0. The largest absolute Gasteiger partial charge is 0.394 e. The summed E-state index contributed by atoms with van der Waals surface area (Å²) in [6, 6.07) is -0.869. The summed E-state index contributed by atoms with van der Waals surface area (Å²) in [5.41, 5.74) is 0. The minimum absolute atomic E-state index is 0.209. The van der Waals surface area contributed by atoms with Crippen molar-refractivity contribution in [3.05, 3.63) is 85.1 Å². The first-order chi connectivity index (χ1) is 27.8. The summed E-state index contributed by atoms with van der Waals surface area (Å²) in [7, 11) is 0. The fraction of sp³-hybridized carbons (Fsp3) is 0.688. The zero-order valence-corrected chi connectivity index (χ0v) is 35.6. The summed E-state index contributed by atoms with van der Waals surface area (Å²) in [4.78, 5) is 12.9. The van der Waals surface area contributed by atoms with Crippen molar-refractivity contribution in [3.63, 3.8) is 0 Å². The molecule has 1 saturated heterocycles. The van der Waals surface area contributed by atoms with Crippen LogP contribution in [0.2, 0.25) is 0 Å². The van der Waals surface area contributed by atoms with Crippen LogP contribution in [0, 0.1) is 0 Å². The number of hydrogen-bond acceptors (Lipinski definition) is 8. The van der Waals surface area contributed by atoms with Crippen LogP contribution in [-0.4, -0.2) is 87.5 Å². The van der Waals surface area contributed by atoms with E-state index in [1.807, 2.05) is 18.2 Å². The first-order valence-electron chi connectivity index (χ1n) is 22.3. The molecule has 0 saturated carbocycles. The van der Waals surface area contributed by atoms with Gasteiger partial charge in [0.1, 0.15) is 24.4 Å². The van der Waals surface area contributed by atoms with E-state index in [2.05, 4.69) is 79.9 Å². The molecule has 7 unspecified atom stereocenters. The van der Waals surface area contributed by atoms with Gasteiger partial charge in [0.25, 0.3) is 0 Å². The predicted molar refractivity (Wildman–Crippen MR) is 235 cm³/mol. The normalized spacial score (nSPS) is 21.8. The molecule has 1 heterocycles. The summed E-state index contributed by atoms with van der Waals surface area (Å²) in [6.07, 6.45) is 45.1. The third-order valence-corrected chi connectivity index (χ3v) is 9.95. The van der Waals surface area contributed by atoms with E-state index in [1.54, 1.807) is 6.08 Å². The van der Waals surface area contributed by atoms with E-state index in [-0.39, 0.29) is 18.9 Å². The summed E-state index contributed by atoms with van der Waals surface area (Å²) >= 11 is 0. The number of aliphatic hydroxyl groups is 5. The van der Waals surface area contributed by atoms with E-state index in [4.69, 9.17) is 9.47 Å². The fourth-order valence-electron chi connectivity index (χ4n) is 6.37. The molecule has 0 aliphatic carbocycles. The van der Waals surface area contributed by atoms with Gasteiger partial charge >= 0.3 is 0 Å². The summed E-state index contributed by atoms with van der Waals surface area (Å²) in [5.74, 6) is -0.275. The molecule has 1 rings (SSSR count). The van der Waals surface area contributed by atoms with Gasteiger partial charge in [-0.05, 0) is 70.6 Å². The van der Waals surface area contributed by atoms with Crippen LogP contribution in [0.1, 0.15) is 155 Å². The molecule has 1 aliphatic heterocycles. The topological polar surface area (TPSA) is 149 Å². The minimum Gasteiger partial charge on any atom is -0.394 e. The predicted octanol–water partition coefficient (Wildman–Crippen LogP) is 9.16. The molecule has 1 aliphatic rings. The Morgan fingerprint density at radius 3 is 1.67 bits per heavy atom. The maximum absolute atomic E-state index is 12.9. The zero-order valence-electron chi connectivity index (χ0n) is 35.6. The Labute approximate surface area is 346 Å². The Hall–Kier alpha value is -2.63. The first kappa shape index (κ1) is 52.4. The zero-order chi connectivity index (χ0) is 41.6. The Balaban J connectivity index is 2.45. The van der Waals surface area contributed by atoms with Crippen LogP contribution in [0.5, 0.6) is 0 Å². The second kappa shape index (κ2) is 37.6. The number of allylic oxidation sites excluding steroid dienone is 13. The van der Waals surface area contributed by atoms with E-state index in [9.17, 15) is 30.3 Å². The summed E-state index contributed by atoms with van der Waals surface area (Å²) < 4.78 is 11.1. The average Bonchev–Trinajstić information content (AvgIpc) is 3.21. The Kier molecular flexibility index (Phi) is 34.6. The Bertz CT molecular complexity index is 1160. The minimum atomic E-state index is -1.59. The van der Waals surface area contributed by atoms with Crippen LogP contribution in [0.25, 0.3) is 0 Å². The number of carbonyl (C=O) groups is 1. The lowest BCUT2D eigenvalue weighted by atomic mass is 9.99. The lowest BCUT2D eigenvalue weighted by Gasteiger charge is -2.40. The van der Waals surface area contributed by atoms with Gasteiger partial charge in [0.05, 0.1) is 25.4 Å². The van der Waals surface area contributed by atoms with E-state index >= 15 is 0 Å². The van der Waals surface area contributed by atoms with Gasteiger partial charge in [-0.25, -0.2) is 0 Å². The standard InChI is InChI=1S/C48H81NO8/c1-3-5-7-9-11-13-15-17-18-19-20-21-22-23-24-26-27-29-31-33-35-37-42(51)41(40-56-48-47(55)46(54)45(53)43(39-50)57-48)49-44(52)38-36-34-32-30-28-25-16-14-12-10-8-6-4-2/h6,8,12,14,22-23,25,27-29,32,34-35,37,41-43,45-48,50-51,53-55H,3-5,7,9-11,13,15-21,24,26,30-31,33,36,38-40H2,1-2H3,(H,49,52)/b8-6-,14-12-,23-22+,28-25-,29-27+,34-32-,37-35+. The lowest BCUT2D eigenvalue weighted by molar-refractivity contribution is -0.302. The monoisotopic (exact) mass is 800 g/mol. The van der Waals surface area contributed by atoms with Crippen molar-refractivity contribution >= 4 is 5.91 Å². The van der Waals surface area contributed by atoms with Crippen molar-refractivity contribution in [1.82, 2.24) is 5.32 Å². The van der Waals surface area contributed by atoms with Gasteiger partial charge in [0, 0.05) is 6.42 Å². The molecule has 9 nitrogen and oxygen atoms in total. The molecule has 7 atom stereocenters. The second-order valence-corrected chi connectivity index (χ2v) is 15.1. The highest BCUT2D eigenvalue weighted by Gasteiger charge is 2.44. The van der Waals surface area contributed by atoms with Crippen molar-refractivity contribution in [2.75, 3.05) is 13.2 Å². The van der Waals surface area contributed by atoms with Crippen molar-refractivity contribution in [1.29, 1.82) is 0 Å². The number of ether oxygens (including phenoxy) is 2. The van der Waals surface area contributed by atoms with E-state index in [0.29, 0.717) is 12.8 Å². The molecule has 1 amide bonds. The van der Waals surface area contributed by atoms with Crippen LogP contribution < -0.4 is 5.32 Å². The van der Waals surface area contributed by atoms with Crippen LogP contribution in [0.15, 0.2) is 85.1 Å². The highest BCUT2D eigenvalue weighted by atomic mass is 16.7. The number of aliphatic hydroxyl groups excluding tert-OH is 5. The van der Waals surface area contributed by atoms with Gasteiger partial charge in [-0.15, -0.1) is 0 Å². The molecule has 9 heteroatoms. The number of rotatable bonds is 35. The van der Waals surface area contributed by atoms with Crippen molar-refractivity contribution in [2.45, 2.75) is 198 Å². The fourth-order valence-corrected chi connectivity index (χ4v) is 6.37. The van der Waals surface area contributed by atoms with Crippen LogP contribution in [0.4, 0.5) is 0 Å². The molecule has 0 spiro atoms. The molecule has 6 N–H and O–H groups in total. The number of carbonyl (C=O) groups excluding carboxylic acids is 1. The molecular weight excluding hydrogens is 719 g/mol. The average molecular weight is 800 g/mol. The molecule has 0 aromatic rings. The lowest BCUT2D eigenvalue weighted by Crippen LogP contribution is -2.60. The number of amides is 1. The van der Waals surface area contributed by atoms with Crippen LogP contribution in [0.3, 0.4) is 0 Å². The smallest absolute Gasteiger partial charge is 0.220 e. The maximum atomic E-state index is 12.9. The van der Waals surface area contributed by atoms with Crippen molar-refractivity contribution in [3.8, 4) is 0 Å². The Morgan fingerprint density at radius 1 is 0.614 bits per heavy atom. The maximum Gasteiger partial charge on any atom is 0.220 e. The van der Waals surface area contributed by atoms with Crippen molar-refractivity contribution in [2.24, 2.45) is 0 Å². The third-order valence-electron chi connectivity index (χ3n) is 9.95. The van der Waals surface area contributed by atoms with E-state index in [1.165, 1.54) is 70.6 Å². The number of unbranched alkanes of at least 4 members (excludes halogenated alkanes) is 13. The van der Waals surface area contributed by atoms with Crippen molar-refractivity contribution < 1.29 is 39.8 Å². The molecule has 57 heavy (non-hydrogen) atoms. The van der Waals surface area contributed by atoms with Gasteiger partial charge in [-0.1, -0.05) is 163 Å². The number of hydrogen-bond donors (Lipinski definition) is 6. The SMILES string of the molecule is CC/C=C\C/C=C\C/C=C\C/C=C\CCC(=O)NC(COC1OC(CO)C(O)C(O)C1O)C(O)/C=C/CC/C=C/CC/C=C/CCCCCCCCCCCCC. The molecule has 326 valence electrons. The quantitative estimate of drug-likeness (QED) is 0.0275. The van der Waals surface area contributed by atoms with Gasteiger partial charge in [-0.2, -0.15) is 0 Å². The highest BCUT2D eigenvalue weighted by Crippen LogP contribution is 2.22. The third kappa shape index (κ3) is 28.4.